The van der Waals surface area contributed by atoms with Gasteiger partial charge in [0.1, 0.15) is 11.5 Å². The van der Waals surface area contributed by atoms with Crippen molar-refractivity contribution >= 4 is 28.2 Å². The smallest absolute Gasteiger partial charge is 0.225 e. The van der Waals surface area contributed by atoms with Crippen molar-refractivity contribution in [2.24, 2.45) is 5.92 Å². The van der Waals surface area contributed by atoms with Crippen molar-refractivity contribution < 1.29 is 14.3 Å². The summed E-state index contributed by atoms with van der Waals surface area (Å²) in [5, 5.41) is 20.6. The first kappa shape index (κ1) is 23.9. The van der Waals surface area contributed by atoms with Crippen LogP contribution in [0.25, 0.3) is 22.2 Å². The predicted molar refractivity (Wildman–Crippen MR) is 138 cm³/mol. The van der Waals surface area contributed by atoms with E-state index in [0.29, 0.717) is 32.5 Å². The number of benzene rings is 2. The number of amides is 1. The van der Waals surface area contributed by atoms with Crippen molar-refractivity contribution in [2.45, 2.75) is 38.8 Å². The number of pyridine rings is 1. The molecule has 2 aromatic heterocycles. The standard InChI is InChI=1S/C28H30FN5O2/c1-19(2)27(35)33-14-11-28(36,12-15-33)18-34-25-10-9-23(31-22-7-5-21(29)6-8-22)16-24(25)26(32-34)20-4-3-13-30-17-20/h3-10,13,16-17,19,31,36H,11-12,14-15,18H2,1-2H3. The van der Waals surface area contributed by atoms with Gasteiger partial charge in [0.05, 0.1) is 17.7 Å². The number of hydrogen-bond donors (Lipinski definition) is 2. The summed E-state index contributed by atoms with van der Waals surface area (Å²) in [4.78, 5) is 18.5. The maximum absolute atomic E-state index is 13.3. The number of aliphatic hydroxyl groups is 1. The molecular weight excluding hydrogens is 457 g/mol. The Balaban J connectivity index is 1.46. The molecule has 1 amide bonds. The SMILES string of the molecule is CC(C)C(=O)N1CCC(O)(Cn2nc(-c3cccnc3)c3cc(Nc4ccc(F)cc4)ccc32)CC1. The monoisotopic (exact) mass is 487 g/mol. The second-order valence-corrected chi connectivity index (χ2v) is 9.82. The van der Waals surface area contributed by atoms with Crippen LogP contribution >= 0.6 is 0 Å². The lowest BCUT2D eigenvalue weighted by Gasteiger charge is -2.38. The molecule has 0 atom stereocenters. The lowest BCUT2D eigenvalue weighted by atomic mass is 9.90. The van der Waals surface area contributed by atoms with E-state index in [-0.39, 0.29) is 17.6 Å². The third-order valence-corrected chi connectivity index (χ3v) is 6.76. The molecule has 3 heterocycles. The van der Waals surface area contributed by atoms with E-state index in [1.165, 1.54) is 12.1 Å². The molecule has 0 unspecified atom stereocenters. The summed E-state index contributed by atoms with van der Waals surface area (Å²) in [6, 6.07) is 16.0. The molecule has 2 N–H and O–H groups in total. The number of nitrogens with zero attached hydrogens (tertiary/aromatic N) is 4. The number of rotatable bonds is 6. The molecular formula is C28H30FN5O2. The summed E-state index contributed by atoms with van der Waals surface area (Å²) in [5.41, 5.74) is 3.22. The number of fused-ring (bicyclic) bond motifs is 1. The number of halogens is 1. The molecule has 7 nitrogen and oxygen atoms in total. The molecule has 1 fully saturated rings. The first-order valence-electron chi connectivity index (χ1n) is 12.3. The fourth-order valence-electron chi connectivity index (χ4n) is 4.74. The molecule has 36 heavy (non-hydrogen) atoms. The number of carbonyl (C=O) groups is 1. The van der Waals surface area contributed by atoms with Gasteiger partial charge in [-0.2, -0.15) is 5.10 Å². The molecule has 0 spiro atoms. The van der Waals surface area contributed by atoms with E-state index in [1.807, 2.05) is 53.8 Å². The van der Waals surface area contributed by atoms with Gasteiger partial charge in [-0.3, -0.25) is 14.5 Å². The lowest BCUT2D eigenvalue weighted by molar-refractivity contribution is -0.139. The van der Waals surface area contributed by atoms with Gasteiger partial charge in [0, 0.05) is 53.7 Å². The van der Waals surface area contributed by atoms with Crippen molar-refractivity contribution in [3.8, 4) is 11.3 Å². The van der Waals surface area contributed by atoms with Crippen molar-refractivity contribution in [1.29, 1.82) is 0 Å². The highest BCUT2D eigenvalue weighted by Gasteiger charge is 2.35. The molecule has 0 saturated carbocycles. The summed E-state index contributed by atoms with van der Waals surface area (Å²) in [7, 11) is 0. The average Bonchev–Trinajstić information content (AvgIpc) is 3.23. The Morgan fingerprint density at radius 3 is 2.50 bits per heavy atom. The number of piperidine rings is 1. The predicted octanol–water partition coefficient (Wildman–Crippen LogP) is 4.99. The van der Waals surface area contributed by atoms with Crippen LogP contribution in [0.5, 0.6) is 0 Å². The second-order valence-electron chi connectivity index (χ2n) is 9.82. The van der Waals surface area contributed by atoms with Crippen molar-refractivity contribution in [3.05, 3.63) is 72.8 Å². The number of likely N-dealkylation sites (tertiary alicyclic amines) is 1. The van der Waals surface area contributed by atoms with Crippen LogP contribution in [0.4, 0.5) is 15.8 Å². The minimum atomic E-state index is -0.954. The molecule has 4 aromatic rings. The van der Waals surface area contributed by atoms with E-state index in [4.69, 9.17) is 5.10 Å². The highest BCUT2D eigenvalue weighted by molar-refractivity contribution is 5.95. The van der Waals surface area contributed by atoms with Crippen molar-refractivity contribution in [1.82, 2.24) is 19.7 Å². The van der Waals surface area contributed by atoms with Crippen molar-refractivity contribution in [2.75, 3.05) is 18.4 Å². The zero-order chi connectivity index (χ0) is 25.3. The minimum Gasteiger partial charge on any atom is -0.388 e. The minimum absolute atomic E-state index is 0.0500. The Morgan fingerprint density at radius 2 is 1.83 bits per heavy atom. The van der Waals surface area contributed by atoms with Gasteiger partial charge in [-0.1, -0.05) is 13.8 Å². The lowest BCUT2D eigenvalue weighted by Crippen LogP contribution is -2.49. The molecule has 0 bridgehead atoms. The Morgan fingerprint density at radius 1 is 1.11 bits per heavy atom. The Kier molecular flexibility index (Phi) is 6.45. The summed E-state index contributed by atoms with van der Waals surface area (Å²) in [6.07, 6.45) is 4.49. The molecule has 0 radical (unpaired) electrons. The largest absolute Gasteiger partial charge is 0.388 e. The Bertz CT molecular complexity index is 1360. The maximum Gasteiger partial charge on any atom is 0.225 e. The number of anilines is 2. The molecule has 1 saturated heterocycles. The van der Waals surface area contributed by atoms with E-state index in [2.05, 4.69) is 10.3 Å². The van der Waals surface area contributed by atoms with E-state index in [1.54, 1.807) is 24.5 Å². The molecule has 1 aliphatic rings. The van der Waals surface area contributed by atoms with E-state index < -0.39 is 5.60 Å². The van der Waals surface area contributed by atoms with Crippen LogP contribution in [0.15, 0.2) is 67.0 Å². The van der Waals surface area contributed by atoms with E-state index >= 15 is 0 Å². The second kappa shape index (κ2) is 9.70. The Hall–Kier alpha value is -3.78. The van der Waals surface area contributed by atoms with Crippen LogP contribution < -0.4 is 5.32 Å². The Labute approximate surface area is 209 Å². The van der Waals surface area contributed by atoms with Gasteiger partial charge >= 0.3 is 0 Å². The maximum atomic E-state index is 13.3. The van der Waals surface area contributed by atoms with Crippen LogP contribution in [0, 0.1) is 11.7 Å². The normalized spacial score (nSPS) is 15.4. The molecule has 0 aliphatic carbocycles. The van der Waals surface area contributed by atoms with Crippen molar-refractivity contribution in [3.63, 3.8) is 0 Å². The summed E-state index contributed by atoms with van der Waals surface area (Å²) >= 11 is 0. The first-order valence-corrected chi connectivity index (χ1v) is 12.3. The van der Waals surface area contributed by atoms with Crippen LogP contribution in [-0.2, 0) is 11.3 Å². The molecule has 5 rings (SSSR count). The summed E-state index contributed by atoms with van der Waals surface area (Å²) in [6.45, 7) is 5.20. The van der Waals surface area contributed by atoms with Gasteiger partial charge in [-0.05, 0) is 67.4 Å². The van der Waals surface area contributed by atoms with Crippen LogP contribution in [-0.4, -0.2) is 49.4 Å². The fourth-order valence-corrected chi connectivity index (χ4v) is 4.74. The van der Waals surface area contributed by atoms with E-state index in [9.17, 15) is 14.3 Å². The topological polar surface area (TPSA) is 83.3 Å². The molecule has 1 aliphatic heterocycles. The number of hydrogen-bond acceptors (Lipinski definition) is 5. The highest BCUT2D eigenvalue weighted by atomic mass is 19.1. The van der Waals surface area contributed by atoms with Gasteiger partial charge in [0.15, 0.2) is 0 Å². The summed E-state index contributed by atoms with van der Waals surface area (Å²) in [5.74, 6) is -0.207. The van der Waals surface area contributed by atoms with E-state index in [0.717, 1.165) is 33.5 Å². The quantitative estimate of drug-likeness (QED) is 0.400. The third-order valence-electron chi connectivity index (χ3n) is 6.76. The number of carbonyl (C=O) groups excluding carboxylic acids is 1. The fraction of sp³-hybridized carbons (Fsp3) is 0.321. The third kappa shape index (κ3) is 4.95. The van der Waals surface area contributed by atoms with Gasteiger partial charge < -0.3 is 15.3 Å². The highest BCUT2D eigenvalue weighted by Crippen LogP contribution is 2.33. The van der Waals surface area contributed by atoms with Crippen LogP contribution in [0.2, 0.25) is 0 Å². The average molecular weight is 488 g/mol. The number of aromatic nitrogens is 3. The first-order chi connectivity index (χ1) is 17.3. The van der Waals surface area contributed by atoms with Gasteiger partial charge in [-0.15, -0.1) is 0 Å². The molecule has 2 aromatic carbocycles. The van der Waals surface area contributed by atoms with Gasteiger partial charge in [-0.25, -0.2) is 4.39 Å². The zero-order valence-electron chi connectivity index (χ0n) is 20.5. The zero-order valence-corrected chi connectivity index (χ0v) is 20.5. The van der Waals surface area contributed by atoms with Crippen LogP contribution in [0.3, 0.4) is 0 Å². The molecule has 8 heteroatoms. The van der Waals surface area contributed by atoms with Crippen LogP contribution in [0.1, 0.15) is 26.7 Å². The summed E-state index contributed by atoms with van der Waals surface area (Å²) < 4.78 is 15.2. The molecule has 186 valence electrons. The number of nitrogens with one attached hydrogen (secondary N) is 1. The van der Waals surface area contributed by atoms with Gasteiger partial charge in [0.25, 0.3) is 0 Å². The van der Waals surface area contributed by atoms with Gasteiger partial charge in [0.2, 0.25) is 5.91 Å².